The predicted octanol–water partition coefficient (Wildman–Crippen LogP) is 4.58. The molecule has 6 nitrogen and oxygen atoms in total. The van der Waals surface area contributed by atoms with Crippen LogP contribution in [0, 0.1) is 0 Å². The van der Waals surface area contributed by atoms with E-state index in [4.69, 9.17) is 18.9 Å². The second-order valence-corrected chi connectivity index (χ2v) is 6.29. The fourth-order valence-electron chi connectivity index (χ4n) is 2.87. The fraction of sp³-hybridized carbons (Fsp3) is 0.261. The van der Waals surface area contributed by atoms with Crippen molar-refractivity contribution in [1.29, 1.82) is 0 Å². The molecule has 6 heteroatoms. The molecule has 0 fully saturated rings. The van der Waals surface area contributed by atoms with Gasteiger partial charge in [0, 0.05) is 30.9 Å². The smallest absolute Gasteiger partial charge is 0.219 e. The molecule has 3 rings (SSSR count). The van der Waals surface area contributed by atoms with Gasteiger partial charge in [0.1, 0.15) is 23.0 Å². The first-order valence-corrected chi connectivity index (χ1v) is 9.49. The average Bonchev–Trinajstić information content (AvgIpc) is 2.75. The van der Waals surface area contributed by atoms with E-state index in [1.807, 2.05) is 61.5 Å². The Morgan fingerprint density at radius 3 is 2.31 bits per heavy atom. The number of pyridine rings is 1. The fourth-order valence-corrected chi connectivity index (χ4v) is 2.87. The van der Waals surface area contributed by atoms with Crippen LogP contribution in [0.15, 0.2) is 60.8 Å². The van der Waals surface area contributed by atoms with E-state index in [-0.39, 0.29) is 0 Å². The van der Waals surface area contributed by atoms with Gasteiger partial charge in [-0.2, -0.15) is 0 Å². The minimum absolute atomic E-state index is 0.549. The normalized spacial score (nSPS) is 10.4. The Morgan fingerprint density at radius 2 is 1.59 bits per heavy atom. The van der Waals surface area contributed by atoms with Gasteiger partial charge in [-0.05, 0) is 61.0 Å². The number of hydrogen-bond donors (Lipinski definition) is 1. The van der Waals surface area contributed by atoms with Crippen LogP contribution in [-0.4, -0.2) is 25.8 Å². The van der Waals surface area contributed by atoms with E-state index in [9.17, 15) is 0 Å². The zero-order chi connectivity index (χ0) is 20.5. The summed E-state index contributed by atoms with van der Waals surface area (Å²) >= 11 is 0. The Hall–Kier alpha value is -3.25. The molecule has 0 atom stereocenters. The largest absolute Gasteiger partial charge is 0.497 e. The van der Waals surface area contributed by atoms with Crippen LogP contribution in [0.5, 0.6) is 28.9 Å². The zero-order valence-electron chi connectivity index (χ0n) is 17.0. The molecular weight excluding hydrogens is 368 g/mol. The molecule has 1 heterocycles. The highest BCUT2D eigenvalue weighted by atomic mass is 16.5. The third kappa shape index (κ3) is 5.86. The van der Waals surface area contributed by atoms with E-state index in [0.29, 0.717) is 31.3 Å². The summed E-state index contributed by atoms with van der Waals surface area (Å²) in [5.74, 6) is 3.71. The highest BCUT2D eigenvalue weighted by Gasteiger charge is 2.06. The molecule has 0 bridgehead atoms. The summed E-state index contributed by atoms with van der Waals surface area (Å²) in [6, 6.07) is 17.1. The summed E-state index contributed by atoms with van der Waals surface area (Å²) in [6.07, 6.45) is 1.74. The molecule has 0 amide bonds. The van der Waals surface area contributed by atoms with E-state index in [1.165, 1.54) is 0 Å². The van der Waals surface area contributed by atoms with Crippen LogP contribution in [-0.2, 0) is 13.1 Å². The lowest BCUT2D eigenvalue weighted by Gasteiger charge is -2.12. The molecule has 0 saturated carbocycles. The lowest BCUT2D eigenvalue weighted by Crippen LogP contribution is -2.13. The lowest BCUT2D eigenvalue weighted by atomic mass is 10.1. The lowest BCUT2D eigenvalue weighted by molar-refractivity contribution is 0.339. The Labute approximate surface area is 171 Å². The van der Waals surface area contributed by atoms with Gasteiger partial charge in [0.2, 0.25) is 5.88 Å². The molecule has 0 radical (unpaired) electrons. The molecule has 0 aliphatic heterocycles. The van der Waals surface area contributed by atoms with E-state index in [2.05, 4.69) is 10.3 Å². The number of hydrogen-bond acceptors (Lipinski definition) is 6. The third-order valence-corrected chi connectivity index (χ3v) is 4.29. The van der Waals surface area contributed by atoms with Crippen molar-refractivity contribution in [2.24, 2.45) is 0 Å². The SMILES string of the molecule is CCOc1ccc(Oc2cc(CNCc3cc(OC)ccc3OC)ccn2)cc1. The monoisotopic (exact) mass is 394 g/mol. The first kappa shape index (κ1) is 20.5. The van der Waals surface area contributed by atoms with Crippen molar-refractivity contribution in [3.05, 3.63) is 71.9 Å². The van der Waals surface area contributed by atoms with Gasteiger partial charge in [0.25, 0.3) is 0 Å². The number of nitrogens with zero attached hydrogens (tertiary/aromatic N) is 1. The van der Waals surface area contributed by atoms with Gasteiger partial charge < -0.3 is 24.3 Å². The minimum Gasteiger partial charge on any atom is -0.497 e. The second-order valence-electron chi connectivity index (χ2n) is 6.29. The van der Waals surface area contributed by atoms with Crippen molar-refractivity contribution >= 4 is 0 Å². The van der Waals surface area contributed by atoms with Crippen molar-refractivity contribution in [2.75, 3.05) is 20.8 Å². The molecular formula is C23H26N2O4. The maximum absolute atomic E-state index is 5.85. The van der Waals surface area contributed by atoms with Crippen LogP contribution >= 0.6 is 0 Å². The molecule has 0 unspecified atom stereocenters. The number of methoxy groups -OCH3 is 2. The topological polar surface area (TPSA) is 61.8 Å². The average molecular weight is 394 g/mol. The summed E-state index contributed by atoms with van der Waals surface area (Å²) in [5, 5.41) is 3.42. The van der Waals surface area contributed by atoms with Gasteiger partial charge in [-0.15, -0.1) is 0 Å². The first-order chi connectivity index (χ1) is 14.2. The third-order valence-electron chi connectivity index (χ3n) is 4.29. The highest BCUT2D eigenvalue weighted by Crippen LogP contribution is 2.25. The van der Waals surface area contributed by atoms with E-state index < -0.39 is 0 Å². The van der Waals surface area contributed by atoms with Crippen LogP contribution < -0.4 is 24.3 Å². The molecule has 0 aliphatic carbocycles. The summed E-state index contributed by atoms with van der Waals surface area (Å²) in [6.45, 7) is 3.91. The van der Waals surface area contributed by atoms with E-state index in [0.717, 1.165) is 28.4 Å². The molecule has 3 aromatic rings. The van der Waals surface area contributed by atoms with Gasteiger partial charge in [-0.1, -0.05) is 0 Å². The molecule has 29 heavy (non-hydrogen) atoms. The summed E-state index contributed by atoms with van der Waals surface area (Å²) in [4.78, 5) is 4.29. The zero-order valence-corrected chi connectivity index (χ0v) is 17.0. The van der Waals surface area contributed by atoms with Gasteiger partial charge in [0.05, 0.1) is 20.8 Å². The van der Waals surface area contributed by atoms with E-state index in [1.54, 1.807) is 20.4 Å². The molecule has 1 aromatic heterocycles. The van der Waals surface area contributed by atoms with Crippen molar-refractivity contribution in [1.82, 2.24) is 10.3 Å². The second kappa shape index (κ2) is 10.3. The van der Waals surface area contributed by atoms with Gasteiger partial charge in [-0.3, -0.25) is 0 Å². The van der Waals surface area contributed by atoms with Crippen molar-refractivity contribution in [2.45, 2.75) is 20.0 Å². The minimum atomic E-state index is 0.549. The quantitative estimate of drug-likeness (QED) is 0.543. The van der Waals surface area contributed by atoms with Crippen molar-refractivity contribution in [3.63, 3.8) is 0 Å². The summed E-state index contributed by atoms with van der Waals surface area (Å²) in [7, 11) is 3.32. The van der Waals surface area contributed by atoms with Gasteiger partial charge >= 0.3 is 0 Å². The Morgan fingerprint density at radius 1 is 0.828 bits per heavy atom. The molecule has 0 spiro atoms. The first-order valence-electron chi connectivity index (χ1n) is 9.49. The number of benzene rings is 2. The molecule has 1 N–H and O–H groups in total. The van der Waals surface area contributed by atoms with Gasteiger partial charge in [0.15, 0.2) is 0 Å². The number of aromatic nitrogens is 1. The van der Waals surface area contributed by atoms with E-state index >= 15 is 0 Å². The standard InChI is InChI=1S/C23H26N2O4/c1-4-28-19-5-7-20(8-6-19)29-23-13-17(11-12-25-23)15-24-16-18-14-21(26-2)9-10-22(18)27-3/h5-14,24H,4,15-16H2,1-3H3. The predicted molar refractivity (Wildman–Crippen MR) is 112 cm³/mol. The van der Waals surface area contributed by atoms with Crippen molar-refractivity contribution < 1.29 is 18.9 Å². The van der Waals surface area contributed by atoms with Crippen LogP contribution in [0.3, 0.4) is 0 Å². The van der Waals surface area contributed by atoms with Crippen LogP contribution in [0.25, 0.3) is 0 Å². The molecule has 0 saturated heterocycles. The maximum atomic E-state index is 5.85. The van der Waals surface area contributed by atoms with Crippen LogP contribution in [0.1, 0.15) is 18.1 Å². The Balaban J connectivity index is 1.59. The molecule has 0 aliphatic rings. The van der Waals surface area contributed by atoms with Crippen LogP contribution in [0.2, 0.25) is 0 Å². The number of nitrogens with one attached hydrogen (secondary N) is 1. The maximum Gasteiger partial charge on any atom is 0.219 e. The summed E-state index contributed by atoms with van der Waals surface area (Å²) in [5.41, 5.74) is 2.11. The highest BCUT2D eigenvalue weighted by molar-refractivity contribution is 5.40. The Kier molecular flexibility index (Phi) is 7.30. The van der Waals surface area contributed by atoms with Gasteiger partial charge in [-0.25, -0.2) is 4.98 Å². The molecule has 152 valence electrons. The summed E-state index contributed by atoms with van der Waals surface area (Å²) < 4.78 is 22.0. The Bertz CT molecular complexity index is 913. The number of ether oxygens (including phenoxy) is 4. The van der Waals surface area contributed by atoms with Crippen LogP contribution in [0.4, 0.5) is 0 Å². The molecule has 2 aromatic carbocycles. The van der Waals surface area contributed by atoms with Crippen molar-refractivity contribution in [3.8, 4) is 28.9 Å². The number of rotatable bonds is 10.